The van der Waals surface area contributed by atoms with Gasteiger partial charge in [-0.05, 0) is 18.6 Å². The standard InChI is InChI=1S/C13H14N2O2S/c1-17-13(16)12(18)15-9-5-8-11(15)14-10-6-3-2-4-7-10/h2-4,6-7H,5,8-9H2,1H3. The van der Waals surface area contributed by atoms with Crippen LogP contribution in [0.2, 0.25) is 0 Å². The second-order valence-electron chi connectivity index (χ2n) is 3.92. The molecule has 1 fully saturated rings. The number of carbonyl (C=O) groups is 1. The smallest absolute Gasteiger partial charge is 0.366 e. The minimum Gasteiger partial charge on any atom is -0.464 e. The Hall–Kier alpha value is -1.75. The number of thiocarbonyl (C=S) groups is 1. The Morgan fingerprint density at radius 2 is 2.11 bits per heavy atom. The fourth-order valence-corrected chi connectivity index (χ4v) is 2.12. The topological polar surface area (TPSA) is 41.9 Å². The van der Waals surface area contributed by atoms with Crippen molar-refractivity contribution in [1.82, 2.24) is 4.90 Å². The molecule has 4 nitrogen and oxygen atoms in total. The van der Waals surface area contributed by atoms with Gasteiger partial charge in [0.15, 0.2) is 4.99 Å². The first-order chi connectivity index (χ1) is 8.72. The molecule has 0 unspecified atom stereocenters. The lowest BCUT2D eigenvalue weighted by Crippen LogP contribution is -2.36. The normalized spacial score (nSPS) is 16.9. The highest BCUT2D eigenvalue weighted by Gasteiger charge is 2.26. The Balaban J connectivity index is 2.20. The van der Waals surface area contributed by atoms with Gasteiger partial charge in [0.25, 0.3) is 0 Å². The second-order valence-corrected chi connectivity index (χ2v) is 4.30. The molecule has 1 aliphatic heterocycles. The molecule has 18 heavy (non-hydrogen) atoms. The molecular formula is C13H14N2O2S. The van der Waals surface area contributed by atoms with E-state index in [2.05, 4.69) is 9.73 Å². The maximum Gasteiger partial charge on any atom is 0.366 e. The van der Waals surface area contributed by atoms with Gasteiger partial charge in [-0.25, -0.2) is 9.79 Å². The number of nitrogens with zero attached hydrogens (tertiary/aromatic N) is 2. The largest absolute Gasteiger partial charge is 0.464 e. The van der Waals surface area contributed by atoms with Gasteiger partial charge in [-0.15, -0.1) is 0 Å². The molecule has 0 bridgehead atoms. The van der Waals surface area contributed by atoms with E-state index in [1.807, 2.05) is 30.3 Å². The number of rotatable bonds is 1. The molecule has 1 aromatic carbocycles. The zero-order valence-electron chi connectivity index (χ0n) is 10.1. The van der Waals surface area contributed by atoms with Gasteiger partial charge in [0.1, 0.15) is 5.84 Å². The van der Waals surface area contributed by atoms with Crippen molar-refractivity contribution in [3.63, 3.8) is 0 Å². The van der Waals surface area contributed by atoms with E-state index < -0.39 is 5.97 Å². The van der Waals surface area contributed by atoms with Gasteiger partial charge in [0.05, 0.1) is 12.8 Å². The summed E-state index contributed by atoms with van der Waals surface area (Å²) in [5.41, 5.74) is 0.868. The van der Waals surface area contributed by atoms with E-state index in [-0.39, 0.29) is 4.99 Å². The quantitative estimate of drug-likeness (QED) is 0.575. The molecule has 0 aliphatic carbocycles. The van der Waals surface area contributed by atoms with E-state index >= 15 is 0 Å². The maximum absolute atomic E-state index is 11.4. The van der Waals surface area contributed by atoms with Crippen molar-refractivity contribution < 1.29 is 9.53 Å². The summed E-state index contributed by atoms with van der Waals surface area (Å²) in [6, 6.07) is 9.64. The zero-order valence-corrected chi connectivity index (χ0v) is 10.9. The van der Waals surface area contributed by atoms with Crippen molar-refractivity contribution in [2.45, 2.75) is 12.8 Å². The second kappa shape index (κ2) is 5.73. The number of hydrogen-bond acceptors (Lipinski definition) is 4. The van der Waals surface area contributed by atoms with Gasteiger partial charge >= 0.3 is 5.97 Å². The lowest BCUT2D eigenvalue weighted by atomic mass is 10.3. The molecule has 94 valence electrons. The van der Waals surface area contributed by atoms with Crippen molar-refractivity contribution in [3.05, 3.63) is 30.3 Å². The van der Waals surface area contributed by atoms with Crippen molar-refractivity contribution in [2.24, 2.45) is 4.99 Å². The van der Waals surface area contributed by atoms with Crippen molar-refractivity contribution in [2.75, 3.05) is 13.7 Å². The lowest BCUT2D eigenvalue weighted by Gasteiger charge is -2.17. The third-order valence-electron chi connectivity index (χ3n) is 2.71. The molecule has 5 heteroatoms. The van der Waals surface area contributed by atoms with Crippen molar-refractivity contribution in [1.29, 1.82) is 0 Å². The summed E-state index contributed by atoms with van der Waals surface area (Å²) < 4.78 is 4.65. The van der Waals surface area contributed by atoms with Gasteiger partial charge in [0.2, 0.25) is 0 Å². The number of esters is 1. The Bertz CT molecular complexity index is 485. The minimum absolute atomic E-state index is 0.185. The molecule has 2 rings (SSSR count). The minimum atomic E-state index is -0.479. The molecule has 1 heterocycles. The first kappa shape index (κ1) is 12.7. The molecule has 0 N–H and O–H groups in total. The number of para-hydroxylation sites is 1. The number of aliphatic imine (C=N–C) groups is 1. The number of carbonyl (C=O) groups excluding carboxylic acids is 1. The molecule has 0 amide bonds. The lowest BCUT2D eigenvalue weighted by molar-refractivity contribution is -0.133. The van der Waals surface area contributed by atoms with Crippen LogP contribution in [0.1, 0.15) is 12.8 Å². The molecule has 1 aromatic rings. The molecule has 0 aromatic heterocycles. The summed E-state index contributed by atoms with van der Waals surface area (Å²) in [6.07, 6.45) is 1.77. The van der Waals surface area contributed by atoms with Crippen LogP contribution >= 0.6 is 12.2 Å². The van der Waals surface area contributed by atoms with Crippen LogP contribution in [0.3, 0.4) is 0 Å². The van der Waals surface area contributed by atoms with E-state index in [0.29, 0.717) is 0 Å². The maximum atomic E-state index is 11.4. The Kier molecular flexibility index (Phi) is 4.04. The summed E-state index contributed by atoms with van der Waals surface area (Å²) in [6.45, 7) is 0.722. The van der Waals surface area contributed by atoms with Crippen LogP contribution in [0.25, 0.3) is 0 Å². The Morgan fingerprint density at radius 3 is 2.78 bits per heavy atom. The van der Waals surface area contributed by atoms with E-state index in [1.165, 1.54) is 7.11 Å². The summed E-state index contributed by atoms with van der Waals surface area (Å²) in [5, 5.41) is 0. The van der Waals surface area contributed by atoms with Gasteiger partial charge in [-0.2, -0.15) is 0 Å². The van der Waals surface area contributed by atoms with Crippen LogP contribution in [-0.4, -0.2) is 35.3 Å². The van der Waals surface area contributed by atoms with Crippen LogP contribution in [-0.2, 0) is 9.53 Å². The van der Waals surface area contributed by atoms with Crippen LogP contribution in [0.15, 0.2) is 35.3 Å². The molecule has 0 radical (unpaired) electrons. The van der Waals surface area contributed by atoms with Crippen LogP contribution < -0.4 is 0 Å². The van der Waals surface area contributed by atoms with Gasteiger partial charge in [-0.3, -0.25) is 0 Å². The molecule has 0 spiro atoms. The predicted molar refractivity (Wildman–Crippen MR) is 74.1 cm³/mol. The van der Waals surface area contributed by atoms with Crippen LogP contribution in [0.5, 0.6) is 0 Å². The number of amidine groups is 1. The predicted octanol–water partition coefficient (Wildman–Crippen LogP) is 2.31. The highest BCUT2D eigenvalue weighted by Crippen LogP contribution is 2.18. The van der Waals surface area contributed by atoms with Crippen molar-refractivity contribution >= 4 is 34.7 Å². The van der Waals surface area contributed by atoms with E-state index in [1.54, 1.807) is 4.90 Å². The average Bonchev–Trinajstić information content (AvgIpc) is 2.86. The van der Waals surface area contributed by atoms with Crippen molar-refractivity contribution in [3.8, 4) is 0 Å². The fourth-order valence-electron chi connectivity index (χ4n) is 1.84. The van der Waals surface area contributed by atoms with E-state index in [4.69, 9.17) is 12.2 Å². The molecular weight excluding hydrogens is 248 g/mol. The summed E-state index contributed by atoms with van der Waals surface area (Å²) in [5.74, 6) is 0.351. The number of methoxy groups -OCH3 is 1. The Labute approximate surface area is 111 Å². The zero-order chi connectivity index (χ0) is 13.0. The fraction of sp³-hybridized carbons (Fsp3) is 0.308. The number of benzene rings is 1. The van der Waals surface area contributed by atoms with Crippen LogP contribution in [0.4, 0.5) is 5.69 Å². The molecule has 0 atom stereocenters. The number of likely N-dealkylation sites (tertiary alicyclic amines) is 1. The van der Waals surface area contributed by atoms with Gasteiger partial charge in [0, 0.05) is 13.0 Å². The average molecular weight is 262 g/mol. The van der Waals surface area contributed by atoms with Crippen LogP contribution in [0, 0.1) is 0 Å². The third kappa shape index (κ3) is 2.73. The SMILES string of the molecule is COC(=O)C(=S)N1CCCC1=Nc1ccccc1. The first-order valence-corrected chi connectivity index (χ1v) is 6.15. The monoisotopic (exact) mass is 262 g/mol. The molecule has 0 saturated carbocycles. The highest BCUT2D eigenvalue weighted by atomic mass is 32.1. The molecule has 1 aliphatic rings. The summed E-state index contributed by atoms with van der Waals surface area (Å²) >= 11 is 5.10. The highest BCUT2D eigenvalue weighted by molar-refractivity contribution is 7.82. The third-order valence-corrected chi connectivity index (χ3v) is 3.10. The van der Waals surface area contributed by atoms with Gasteiger partial charge in [-0.1, -0.05) is 30.4 Å². The van der Waals surface area contributed by atoms with E-state index in [0.717, 1.165) is 30.9 Å². The Morgan fingerprint density at radius 1 is 1.39 bits per heavy atom. The summed E-state index contributed by atoms with van der Waals surface area (Å²) in [4.78, 5) is 17.9. The first-order valence-electron chi connectivity index (χ1n) is 5.75. The number of hydrogen-bond donors (Lipinski definition) is 0. The summed E-state index contributed by atoms with van der Waals surface area (Å²) in [7, 11) is 1.33. The van der Waals surface area contributed by atoms with Gasteiger partial charge < -0.3 is 9.64 Å². The number of ether oxygens (including phenoxy) is 1. The molecule has 1 saturated heterocycles. The van der Waals surface area contributed by atoms with E-state index in [9.17, 15) is 4.79 Å².